The van der Waals surface area contributed by atoms with Crippen molar-refractivity contribution in [3.8, 4) is 0 Å². The lowest BCUT2D eigenvalue weighted by atomic mass is 10.0. The van der Waals surface area contributed by atoms with Crippen LogP contribution in [-0.2, 0) is 0 Å². The van der Waals surface area contributed by atoms with Crippen LogP contribution in [0.5, 0.6) is 0 Å². The molecular weight excluding hydrogens is 302 g/mol. The molecule has 0 amide bonds. The van der Waals surface area contributed by atoms with Crippen LogP contribution in [0.25, 0.3) is 10.9 Å². The quantitative estimate of drug-likeness (QED) is 0.663. The molecule has 3 rings (SSSR count). The third kappa shape index (κ3) is 2.29. The molecule has 0 unspecified atom stereocenters. The van der Waals surface area contributed by atoms with Crippen LogP contribution in [0.4, 0.5) is 0 Å². The monoisotopic (exact) mass is 311 g/mol. The Balaban J connectivity index is 2.09. The second-order valence-corrected chi connectivity index (χ2v) is 5.07. The average Bonchev–Trinajstić information content (AvgIpc) is 2.46. The van der Waals surface area contributed by atoms with Gasteiger partial charge in [-0.2, -0.15) is 0 Å². The van der Waals surface area contributed by atoms with Gasteiger partial charge in [0.1, 0.15) is 0 Å². The molecule has 0 fully saturated rings. The molecule has 0 N–H and O–H groups in total. The van der Waals surface area contributed by atoms with Crippen molar-refractivity contribution in [2.24, 2.45) is 0 Å². The third-order valence-corrected chi connectivity index (χ3v) is 3.68. The van der Waals surface area contributed by atoms with Gasteiger partial charge in [-0.25, -0.2) is 0 Å². The van der Waals surface area contributed by atoms with E-state index in [1.165, 1.54) is 0 Å². The van der Waals surface area contributed by atoms with Crippen molar-refractivity contribution in [1.29, 1.82) is 0 Å². The Morgan fingerprint density at radius 1 is 1.00 bits per heavy atom. The number of nitrogens with zero attached hydrogens (tertiary/aromatic N) is 1. The number of rotatable bonds is 2. The highest BCUT2D eigenvalue weighted by Crippen LogP contribution is 2.21. The number of ketones is 1. The lowest BCUT2D eigenvalue weighted by Gasteiger charge is -2.04. The highest BCUT2D eigenvalue weighted by atomic mass is 79.9. The summed E-state index contributed by atoms with van der Waals surface area (Å²) in [5.41, 5.74) is 2.24. The average molecular weight is 312 g/mol. The van der Waals surface area contributed by atoms with Crippen molar-refractivity contribution in [2.75, 3.05) is 0 Å². The maximum Gasteiger partial charge on any atom is 0.194 e. The largest absolute Gasteiger partial charge is 0.289 e. The van der Waals surface area contributed by atoms with Gasteiger partial charge in [0.2, 0.25) is 0 Å². The van der Waals surface area contributed by atoms with Gasteiger partial charge >= 0.3 is 0 Å². The first-order valence-corrected chi connectivity index (χ1v) is 6.69. The first-order valence-electron chi connectivity index (χ1n) is 5.90. The van der Waals surface area contributed by atoms with Crippen molar-refractivity contribution in [1.82, 2.24) is 4.98 Å². The van der Waals surface area contributed by atoms with Gasteiger partial charge in [0.15, 0.2) is 5.78 Å². The summed E-state index contributed by atoms with van der Waals surface area (Å²) in [6.45, 7) is 0. The number of fused-ring (bicyclic) bond motifs is 1. The Bertz CT molecular complexity index is 767. The number of benzene rings is 2. The summed E-state index contributed by atoms with van der Waals surface area (Å²) in [5, 5.41) is 0.973. The van der Waals surface area contributed by atoms with Gasteiger partial charge in [-0.15, -0.1) is 0 Å². The smallest absolute Gasteiger partial charge is 0.194 e. The van der Waals surface area contributed by atoms with E-state index < -0.39 is 0 Å². The Morgan fingerprint density at radius 2 is 1.84 bits per heavy atom. The molecule has 3 heteroatoms. The summed E-state index contributed by atoms with van der Waals surface area (Å²) in [7, 11) is 0. The minimum atomic E-state index is 0.0122. The van der Waals surface area contributed by atoms with E-state index in [-0.39, 0.29) is 5.78 Å². The van der Waals surface area contributed by atoms with E-state index in [0.717, 1.165) is 15.4 Å². The molecule has 0 aliphatic carbocycles. The fourth-order valence-electron chi connectivity index (χ4n) is 2.02. The summed E-state index contributed by atoms with van der Waals surface area (Å²) >= 11 is 3.41. The highest BCUT2D eigenvalue weighted by molar-refractivity contribution is 9.10. The van der Waals surface area contributed by atoms with Gasteiger partial charge in [-0.3, -0.25) is 9.78 Å². The van der Waals surface area contributed by atoms with E-state index in [1.54, 1.807) is 6.20 Å². The molecule has 0 aliphatic rings. The molecule has 0 aliphatic heterocycles. The van der Waals surface area contributed by atoms with Gasteiger partial charge in [-0.05, 0) is 36.4 Å². The van der Waals surface area contributed by atoms with Gasteiger partial charge in [-0.1, -0.05) is 34.1 Å². The molecule has 0 saturated carbocycles. The van der Waals surface area contributed by atoms with Crippen LogP contribution in [0.15, 0.2) is 65.3 Å². The van der Waals surface area contributed by atoms with E-state index in [2.05, 4.69) is 20.9 Å². The van der Waals surface area contributed by atoms with Gasteiger partial charge in [0, 0.05) is 27.2 Å². The van der Waals surface area contributed by atoms with Gasteiger partial charge < -0.3 is 0 Å². The second-order valence-electron chi connectivity index (χ2n) is 4.22. The molecule has 0 bridgehead atoms. The minimum absolute atomic E-state index is 0.0122. The van der Waals surface area contributed by atoms with Gasteiger partial charge in [0.25, 0.3) is 0 Å². The van der Waals surface area contributed by atoms with Crippen LogP contribution < -0.4 is 0 Å². The number of carbonyl (C=O) groups excluding carboxylic acids is 1. The number of hydrogen-bond acceptors (Lipinski definition) is 2. The Hall–Kier alpha value is -2.00. The SMILES string of the molecule is O=C(c1ccc2ncccc2c1)c1ccccc1Br. The van der Waals surface area contributed by atoms with Crippen LogP contribution in [0.2, 0.25) is 0 Å². The van der Waals surface area contributed by atoms with Crippen molar-refractivity contribution in [3.63, 3.8) is 0 Å². The fraction of sp³-hybridized carbons (Fsp3) is 0. The molecule has 1 heterocycles. The normalized spacial score (nSPS) is 10.6. The van der Waals surface area contributed by atoms with E-state index >= 15 is 0 Å². The van der Waals surface area contributed by atoms with Crippen molar-refractivity contribution in [3.05, 3.63) is 76.4 Å². The molecule has 19 heavy (non-hydrogen) atoms. The van der Waals surface area contributed by atoms with Crippen molar-refractivity contribution >= 4 is 32.6 Å². The Morgan fingerprint density at radius 3 is 2.68 bits per heavy atom. The minimum Gasteiger partial charge on any atom is -0.289 e. The third-order valence-electron chi connectivity index (χ3n) is 2.98. The molecule has 92 valence electrons. The zero-order valence-electron chi connectivity index (χ0n) is 10.0. The molecule has 0 spiro atoms. The number of pyridine rings is 1. The van der Waals surface area contributed by atoms with E-state index in [4.69, 9.17) is 0 Å². The summed E-state index contributed by atoms with van der Waals surface area (Å²) < 4.78 is 0.811. The topological polar surface area (TPSA) is 30.0 Å². The maximum atomic E-state index is 12.5. The number of hydrogen-bond donors (Lipinski definition) is 0. The number of carbonyl (C=O) groups is 1. The molecule has 0 atom stereocenters. The summed E-state index contributed by atoms with van der Waals surface area (Å²) in [6.07, 6.45) is 1.75. The Labute approximate surface area is 119 Å². The van der Waals surface area contributed by atoms with Crippen LogP contribution in [0, 0.1) is 0 Å². The van der Waals surface area contributed by atoms with Crippen LogP contribution in [0.3, 0.4) is 0 Å². The van der Waals surface area contributed by atoms with Crippen LogP contribution in [-0.4, -0.2) is 10.8 Å². The molecule has 3 aromatic rings. The lowest BCUT2D eigenvalue weighted by Crippen LogP contribution is -2.02. The zero-order valence-corrected chi connectivity index (χ0v) is 11.6. The Kier molecular flexibility index (Phi) is 3.13. The molecule has 2 nitrogen and oxygen atoms in total. The molecular formula is C16H10BrNO. The van der Waals surface area contributed by atoms with Crippen molar-refractivity contribution in [2.45, 2.75) is 0 Å². The molecule has 2 aromatic carbocycles. The second kappa shape index (κ2) is 4.94. The summed E-state index contributed by atoms with van der Waals surface area (Å²) in [5.74, 6) is 0.0122. The first kappa shape index (κ1) is 12.1. The van der Waals surface area contributed by atoms with Gasteiger partial charge in [0.05, 0.1) is 5.52 Å². The van der Waals surface area contributed by atoms with E-state index in [0.29, 0.717) is 11.1 Å². The molecule has 0 radical (unpaired) electrons. The predicted octanol–water partition coefficient (Wildman–Crippen LogP) is 4.23. The number of aromatic nitrogens is 1. The van der Waals surface area contributed by atoms with E-state index in [9.17, 15) is 4.79 Å². The predicted molar refractivity (Wildman–Crippen MR) is 79.3 cm³/mol. The van der Waals surface area contributed by atoms with Crippen LogP contribution in [0.1, 0.15) is 15.9 Å². The number of halogens is 1. The molecule has 0 saturated heterocycles. The zero-order chi connectivity index (χ0) is 13.2. The fourth-order valence-corrected chi connectivity index (χ4v) is 2.48. The standard InChI is InChI=1S/C16H10BrNO/c17-14-6-2-1-5-13(14)16(19)12-7-8-15-11(10-12)4-3-9-18-15/h1-10H. The molecule has 1 aromatic heterocycles. The van der Waals surface area contributed by atoms with E-state index in [1.807, 2.05) is 54.6 Å². The maximum absolute atomic E-state index is 12.5. The lowest BCUT2D eigenvalue weighted by molar-refractivity contribution is 0.103. The first-order chi connectivity index (χ1) is 9.25. The highest BCUT2D eigenvalue weighted by Gasteiger charge is 2.12. The summed E-state index contributed by atoms with van der Waals surface area (Å²) in [6, 6.07) is 16.8. The summed E-state index contributed by atoms with van der Waals surface area (Å²) in [4.78, 5) is 16.7. The van der Waals surface area contributed by atoms with Crippen molar-refractivity contribution < 1.29 is 4.79 Å². The van der Waals surface area contributed by atoms with Crippen LogP contribution >= 0.6 is 15.9 Å².